The Hall–Kier alpha value is -0.980. The van der Waals surface area contributed by atoms with Gasteiger partial charge in [0.1, 0.15) is 11.4 Å². The first kappa shape index (κ1) is 21.0. The third kappa shape index (κ3) is 8.46. The topological polar surface area (TPSA) is 59.6 Å². The molecule has 0 radical (unpaired) electrons. The summed E-state index contributed by atoms with van der Waals surface area (Å²) in [5.74, 6) is 1.37. The minimum atomic E-state index is -0.225. The number of aliphatic imine (C=N–C) groups is 1. The minimum absolute atomic E-state index is 0. The Balaban J connectivity index is 0.00000441. The van der Waals surface area contributed by atoms with Crippen molar-refractivity contribution in [3.05, 3.63) is 29.3 Å². The lowest BCUT2D eigenvalue weighted by Crippen LogP contribution is -2.32. The summed E-state index contributed by atoms with van der Waals surface area (Å²) in [7, 11) is 0. The van der Waals surface area contributed by atoms with Crippen LogP contribution in [-0.2, 0) is 6.54 Å². The average molecular weight is 419 g/mol. The SMILES string of the molecule is CCCCNC(N)=NCc1ccc(C)cc1OC(C)(C)C.I. The summed E-state index contributed by atoms with van der Waals surface area (Å²) < 4.78 is 6.01. The lowest BCUT2D eigenvalue weighted by atomic mass is 10.1. The predicted octanol–water partition coefficient (Wildman–Crippen LogP) is 3.99. The molecule has 0 fully saturated rings. The van der Waals surface area contributed by atoms with Gasteiger partial charge in [0.05, 0.1) is 6.54 Å². The molecule has 22 heavy (non-hydrogen) atoms. The predicted molar refractivity (Wildman–Crippen MR) is 105 cm³/mol. The van der Waals surface area contributed by atoms with Gasteiger partial charge in [0.25, 0.3) is 0 Å². The minimum Gasteiger partial charge on any atom is -0.488 e. The number of benzene rings is 1. The Morgan fingerprint density at radius 3 is 2.59 bits per heavy atom. The number of unbranched alkanes of at least 4 members (excludes halogenated alkanes) is 1. The normalized spacial score (nSPS) is 11.8. The van der Waals surface area contributed by atoms with E-state index in [0.717, 1.165) is 30.7 Å². The summed E-state index contributed by atoms with van der Waals surface area (Å²) in [5.41, 5.74) is 7.87. The molecule has 126 valence electrons. The smallest absolute Gasteiger partial charge is 0.188 e. The molecule has 0 bridgehead atoms. The molecule has 4 nitrogen and oxygen atoms in total. The second-order valence-electron chi connectivity index (χ2n) is 6.31. The van der Waals surface area contributed by atoms with Crippen molar-refractivity contribution in [2.75, 3.05) is 6.54 Å². The van der Waals surface area contributed by atoms with Crippen LogP contribution in [0.15, 0.2) is 23.2 Å². The zero-order valence-electron chi connectivity index (χ0n) is 14.4. The van der Waals surface area contributed by atoms with Crippen LogP contribution < -0.4 is 15.8 Å². The van der Waals surface area contributed by atoms with Crippen LogP contribution in [0.1, 0.15) is 51.7 Å². The van der Waals surface area contributed by atoms with Crippen molar-refractivity contribution in [1.29, 1.82) is 0 Å². The summed E-state index contributed by atoms with van der Waals surface area (Å²) >= 11 is 0. The second kappa shape index (κ2) is 9.92. The largest absolute Gasteiger partial charge is 0.488 e. The van der Waals surface area contributed by atoms with Crippen LogP contribution >= 0.6 is 24.0 Å². The number of halogens is 1. The molecular formula is C17H30IN3O. The van der Waals surface area contributed by atoms with Gasteiger partial charge in [-0.25, -0.2) is 4.99 Å². The number of aryl methyl sites for hydroxylation is 1. The fourth-order valence-corrected chi connectivity index (χ4v) is 1.84. The molecule has 5 heteroatoms. The van der Waals surface area contributed by atoms with Gasteiger partial charge in [-0.2, -0.15) is 0 Å². The number of hydrogen-bond acceptors (Lipinski definition) is 2. The van der Waals surface area contributed by atoms with Crippen LogP contribution in [0.4, 0.5) is 0 Å². The molecular weight excluding hydrogens is 389 g/mol. The Morgan fingerprint density at radius 2 is 2.00 bits per heavy atom. The number of nitrogens with two attached hydrogens (primary N) is 1. The van der Waals surface area contributed by atoms with E-state index in [1.807, 2.05) is 20.8 Å². The van der Waals surface area contributed by atoms with E-state index in [9.17, 15) is 0 Å². The van der Waals surface area contributed by atoms with E-state index < -0.39 is 0 Å². The highest BCUT2D eigenvalue weighted by atomic mass is 127. The molecule has 1 rings (SSSR count). The fourth-order valence-electron chi connectivity index (χ4n) is 1.84. The number of guanidine groups is 1. The van der Waals surface area contributed by atoms with Gasteiger partial charge in [0.15, 0.2) is 5.96 Å². The molecule has 0 aliphatic heterocycles. The maximum absolute atomic E-state index is 6.01. The molecule has 0 unspecified atom stereocenters. The first-order valence-electron chi connectivity index (χ1n) is 7.64. The van der Waals surface area contributed by atoms with E-state index in [2.05, 4.69) is 42.4 Å². The monoisotopic (exact) mass is 419 g/mol. The molecule has 0 aromatic heterocycles. The van der Waals surface area contributed by atoms with Crippen molar-refractivity contribution in [1.82, 2.24) is 5.32 Å². The maximum Gasteiger partial charge on any atom is 0.188 e. The fraction of sp³-hybridized carbons (Fsp3) is 0.588. The Kier molecular flexibility index (Phi) is 9.48. The summed E-state index contributed by atoms with van der Waals surface area (Å²) in [6.45, 7) is 11.7. The van der Waals surface area contributed by atoms with Gasteiger partial charge in [0.2, 0.25) is 0 Å². The lowest BCUT2D eigenvalue weighted by molar-refractivity contribution is 0.129. The van der Waals surface area contributed by atoms with Crippen LogP contribution in [0.3, 0.4) is 0 Å². The molecule has 3 N–H and O–H groups in total. The van der Waals surface area contributed by atoms with E-state index in [4.69, 9.17) is 10.5 Å². The Labute approximate surface area is 151 Å². The van der Waals surface area contributed by atoms with Crippen molar-refractivity contribution in [3.63, 3.8) is 0 Å². The van der Waals surface area contributed by atoms with E-state index in [1.54, 1.807) is 0 Å². The summed E-state index contributed by atoms with van der Waals surface area (Å²) in [4.78, 5) is 4.39. The third-order valence-electron chi connectivity index (χ3n) is 2.90. The van der Waals surface area contributed by atoms with Crippen molar-refractivity contribution in [2.24, 2.45) is 10.7 Å². The zero-order valence-corrected chi connectivity index (χ0v) is 16.7. The van der Waals surface area contributed by atoms with Crippen LogP contribution in [-0.4, -0.2) is 18.1 Å². The van der Waals surface area contributed by atoms with Gasteiger partial charge in [-0.05, 0) is 45.7 Å². The zero-order chi connectivity index (χ0) is 15.9. The van der Waals surface area contributed by atoms with Gasteiger partial charge in [0, 0.05) is 12.1 Å². The highest BCUT2D eigenvalue weighted by Crippen LogP contribution is 2.25. The van der Waals surface area contributed by atoms with Crippen molar-refractivity contribution >= 4 is 29.9 Å². The molecule has 1 aromatic rings. The van der Waals surface area contributed by atoms with Crippen molar-refractivity contribution in [3.8, 4) is 5.75 Å². The molecule has 0 atom stereocenters. The Morgan fingerprint density at radius 1 is 1.32 bits per heavy atom. The molecule has 0 heterocycles. The van der Waals surface area contributed by atoms with Crippen molar-refractivity contribution in [2.45, 2.75) is 59.6 Å². The molecule has 0 saturated heterocycles. The highest BCUT2D eigenvalue weighted by Gasteiger charge is 2.14. The first-order valence-corrected chi connectivity index (χ1v) is 7.64. The quantitative estimate of drug-likeness (QED) is 0.317. The number of nitrogens with zero attached hydrogens (tertiary/aromatic N) is 1. The van der Waals surface area contributed by atoms with E-state index in [-0.39, 0.29) is 29.6 Å². The van der Waals surface area contributed by atoms with E-state index in [0.29, 0.717) is 12.5 Å². The van der Waals surface area contributed by atoms with Crippen LogP contribution in [0.25, 0.3) is 0 Å². The Bertz CT molecular complexity index is 481. The van der Waals surface area contributed by atoms with Gasteiger partial charge in [-0.1, -0.05) is 25.5 Å². The van der Waals surface area contributed by atoms with E-state index in [1.165, 1.54) is 5.56 Å². The standard InChI is InChI=1S/C17H29N3O.HI/c1-6-7-10-19-16(18)20-12-14-9-8-13(2)11-15(14)21-17(3,4)5;/h8-9,11H,6-7,10,12H2,1-5H3,(H3,18,19,20);1H. The summed E-state index contributed by atoms with van der Waals surface area (Å²) in [6.07, 6.45) is 2.24. The van der Waals surface area contributed by atoms with Crippen LogP contribution in [0, 0.1) is 6.92 Å². The first-order chi connectivity index (χ1) is 9.81. The molecule has 0 aliphatic carbocycles. The van der Waals surface area contributed by atoms with Gasteiger partial charge in [-0.3, -0.25) is 0 Å². The number of nitrogens with one attached hydrogen (secondary N) is 1. The summed E-state index contributed by atoms with van der Waals surface area (Å²) in [6, 6.07) is 6.18. The summed E-state index contributed by atoms with van der Waals surface area (Å²) in [5, 5.41) is 3.12. The van der Waals surface area contributed by atoms with Gasteiger partial charge >= 0.3 is 0 Å². The molecule has 1 aromatic carbocycles. The number of hydrogen-bond donors (Lipinski definition) is 2. The molecule has 0 amide bonds. The number of rotatable bonds is 6. The van der Waals surface area contributed by atoms with Gasteiger partial charge in [-0.15, -0.1) is 24.0 Å². The van der Waals surface area contributed by atoms with Crippen molar-refractivity contribution < 1.29 is 4.74 Å². The second-order valence-corrected chi connectivity index (χ2v) is 6.31. The van der Waals surface area contributed by atoms with E-state index >= 15 is 0 Å². The molecule has 0 spiro atoms. The lowest BCUT2D eigenvalue weighted by Gasteiger charge is -2.23. The number of ether oxygens (including phenoxy) is 1. The molecule has 0 aliphatic rings. The third-order valence-corrected chi connectivity index (χ3v) is 2.90. The van der Waals surface area contributed by atoms with Gasteiger partial charge < -0.3 is 15.8 Å². The average Bonchev–Trinajstić information content (AvgIpc) is 2.36. The molecule has 0 saturated carbocycles. The maximum atomic E-state index is 6.01. The van der Waals surface area contributed by atoms with Crippen LogP contribution in [0.2, 0.25) is 0 Å². The highest BCUT2D eigenvalue weighted by molar-refractivity contribution is 14.0. The van der Waals surface area contributed by atoms with Crippen LogP contribution in [0.5, 0.6) is 5.75 Å².